The maximum absolute atomic E-state index is 12.3. The zero-order valence-corrected chi connectivity index (χ0v) is 21.1. The fourth-order valence-electron chi connectivity index (χ4n) is 3.92. The van der Waals surface area contributed by atoms with Crippen LogP contribution in [0.25, 0.3) is 5.69 Å². The molecule has 1 fully saturated rings. The second-order valence-corrected chi connectivity index (χ2v) is 7.92. The van der Waals surface area contributed by atoms with Crippen molar-refractivity contribution in [2.75, 3.05) is 13.1 Å². The van der Waals surface area contributed by atoms with Crippen molar-refractivity contribution >= 4 is 35.8 Å². The highest BCUT2D eigenvalue weighted by Crippen LogP contribution is 2.18. The molecule has 1 aromatic carbocycles. The van der Waals surface area contributed by atoms with E-state index < -0.39 is 0 Å². The number of guanidine groups is 1. The molecule has 1 aliphatic rings. The second-order valence-electron chi connectivity index (χ2n) is 7.92. The van der Waals surface area contributed by atoms with Crippen molar-refractivity contribution in [3.05, 3.63) is 47.3 Å². The topological polar surface area (TPSA) is 83.3 Å². The van der Waals surface area contributed by atoms with Gasteiger partial charge in [-0.25, -0.2) is 9.67 Å². The molecule has 31 heavy (non-hydrogen) atoms. The standard InChI is InChI=1S/C23H34N6O.HI/c1-4-24-23(26-16-22(30)27-20-11-6-5-7-12-20)25-15-19-10-8-9-13-21(19)29-18(3)14-17(2)28-29;/h8-10,13-14,20H,4-7,11-12,15-16H2,1-3H3,(H,27,30)(H2,24,25,26);1H. The summed E-state index contributed by atoms with van der Waals surface area (Å²) < 4.78 is 1.96. The molecule has 1 heterocycles. The zero-order valence-electron chi connectivity index (χ0n) is 18.8. The zero-order chi connectivity index (χ0) is 21.3. The van der Waals surface area contributed by atoms with E-state index >= 15 is 0 Å². The number of rotatable bonds is 7. The van der Waals surface area contributed by atoms with Crippen molar-refractivity contribution < 1.29 is 4.79 Å². The van der Waals surface area contributed by atoms with Gasteiger partial charge in [0.15, 0.2) is 5.96 Å². The molecule has 0 radical (unpaired) electrons. The van der Waals surface area contributed by atoms with Gasteiger partial charge in [0.05, 0.1) is 24.5 Å². The van der Waals surface area contributed by atoms with Crippen molar-refractivity contribution in [2.45, 2.75) is 65.5 Å². The van der Waals surface area contributed by atoms with Gasteiger partial charge in [0.25, 0.3) is 0 Å². The van der Waals surface area contributed by atoms with Crippen molar-refractivity contribution in [2.24, 2.45) is 4.99 Å². The van der Waals surface area contributed by atoms with Gasteiger partial charge in [0.2, 0.25) is 5.91 Å². The monoisotopic (exact) mass is 538 g/mol. The lowest BCUT2D eigenvalue weighted by Gasteiger charge is -2.23. The summed E-state index contributed by atoms with van der Waals surface area (Å²) in [5, 5.41) is 14.1. The Morgan fingerprint density at radius 1 is 1.16 bits per heavy atom. The van der Waals surface area contributed by atoms with Gasteiger partial charge in [-0.3, -0.25) is 4.79 Å². The maximum Gasteiger partial charge on any atom is 0.239 e. The van der Waals surface area contributed by atoms with E-state index in [4.69, 9.17) is 4.99 Å². The number of halogens is 1. The van der Waals surface area contributed by atoms with Gasteiger partial charge in [-0.15, -0.1) is 24.0 Å². The number of aromatic nitrogens is 2. The highest BCUT2D eigenvalue weighted by Gasteiger charge is 2.15. The van der Waals surface area contributed by atoms with E-state index in [1.807, 2.05) is 30.7 Å². The average molecular weight is 538 g/mol. The molecule has 1 amide bonds. The van der Waals surface area contributed by atoms with E-state index in [0.717, 1.165) is 42.0 Å². The van der Waals surface area contributed by atoms with Crippen LogP contribution in [0.3, 0.4) is 0 Å². The largest absolute Gasteiger partial charge is 0.357 e. The third-order valence-corrected chi connectivity index (χ3v) is 5.37. The fourth-order valence-corrected chi connectivity index (χ4v) is 3.92. The van der Waals surface area contributed by atoms with Gasteiger partial charge in [0.1, 0.15) is 0 Å². The van der Waals surface area contributed by atoms with Crippen molar-refractivity contribution in [3.63, 3.8) is 0 Å². The number of aliphatic imine (C=N–C) groups is 1. The normalized spacial score (nSPS) is 14.6. The van der Waals surface area contributed by atoms with E-state index in [2.05, 4.69) is 46.2 Å². The fraction of sp³-hybridized carbons (Fsp3) is 0.522. The number of aryl methyl sites for hydroxylation is 2. The summed E-state index contributed by atoms with van der Waals surface area (Å²) in [5.74, 6) is 0.662. The Labute approximate surface area is 202 Å². The molecule has 170 valence electrons. The van der Waals surface area contributed by atoms with Gasteiger partial charge in [-0.1, -0.05) is 37.5 Å². The van der Waals surface area contributed by atoms with Crippen LogP contribution in [0.5, 0.6) is 0 Å². The van der Waals surface area contributed by atoms with E-state index in [-0.39, 0.29) is 36.4 Å². The predicted molar refractivity (Wildman–Crippen MR) is 136 cm³/mol. The van der Waals surface area contributed by atoms with Crippen LogP contribution in [0, 0.1) is 13.8 Å². The molecule has 0 unspecified atom stereocenters. The Balaban J connectivity index is 0.00000341. The summed E-state index contributed by atoms with van der Waals surface area (Å²) >= 11 is 0. The van der Waals surface area contributed by atoms with Gasteiger partial charge in [-0.2, -0.15) is 5.10 Å². The summed E-state index contributed by atoms with van der Waals surface area (Å²) in [5.41, 5.74) is 4.18. The Bertz CT molecular complexity index is 873. The molecule has 0 bridgehead atoms. The van der Waals surface area contributed by atoms with Gasteiger partial charge in [-0.05, 0) is 51.3 Å². The number of carbonyl (C=O) groups excluding carboxylic acids is 1. The molecule has 0 aliphatic heterocycles. The molecule has 3 rings (SSSR count). The number of hydrogen-bond donors (Lipinski definition) is 3. The van der Waals surface area contributed by atoms with Crippen molar-refractivity contribution in [1.29, 1.82) is 0 Å². The van der Waals surface area contributed by atoms with Crippen LogP contribution >= 0.6 is 24.0 Å². The van der Waals surface area contributed by atoms with Crippen molar-refractivity contribution in [1.82, 2.24) is 25.7 Å². The first-order valence-electron chi connectivity index (χ1n) is 11.0. The van der Waals surface area contributed by atoms with Crippen LogP contribution in [0.2, 0.25) is 0 Å². The Morgan fingerprint density at radius 3 is 2.58 bits per heavy atom. The van der Waals surface area contributed by atoms with Gasteiger partial charge in [0, 0.05) is 18.3 Å². The molecular weight excluding hydrogens is 503 g/mol. The molecule has 8 heteroatoms. The lowest BCUT2D eigenvalue weighted by atomic mass is 9.95. The highest BCUT2D eigenvalue weighted by atomic mass is 127. The van der Waals surface area contributed by atoms with Crippen LogP contribution in [-0.2, 0) is 11.3 Å². The summed E-state index contributed by atoms with van der Waals surface area (Å²) in [6.45, 7) is 7.51. The SMILES string of the molecule is CCNC(=NCc1ccccc1-n1nc(C)cc1C)NCC(=O)NC1CCCCC1.I. The molecular formula is C23H35IN6O. The number of para-hydroxylation sites is 1. The van der Waals surface area contributed by atoms with E-state index in [1.54, 1.807) is 0 Å². The number of benzene rings is 1. The molecule has 1 saturated carbocycles. The summed E-state index contributed by atoms with van der Waals surface area (Å²) in [6.07, 6.45) is 5.86. The number of nitrogens with one attached hydrogen (secondary N) is 3. The van der Waals surface area contributed by atoms with E-state index in [0.29, 0.717) is 18.5 Å². The minimum Gasteiger partial charge on any atom is -0.357 e. The third kappa shape index (κ3) is 7.52. The molecule has 1 aliphatic carbocycles. The number of amides is 1. The molecule has 0 atom stereocenters. The molecule has 1 aromatic heterocycles. The lowest BCUT2D eigenvalue weighted by molar-refractivity contribution is -0.120. The van der Waals surface area contributed by atoms with Crippen LogP contribution < -0.4 is 16.0 Å². The molecule has 0 saturated heterocycles. The van der Waals surface area contributed by atoms with Crippen molar-refractivity contribution in [3.8, 4) is 5.69 Å². The second kappa shape index (κ2) is 12.7. The first-order chi connectivity index (χ1) is 14.6. The smallest absolute Gasteiger partial charge is 0.239 e. The number of hydrogen-bond acceptors (Lipinski definition) is 3. The van der Waals surface area contributed by atoms with Crippen LogP contribution in [0.4, 0.5) is 0 Å². The molecule has 0 spiro atoms. The van der Waals surface area contributed by atoms with Gasteiger partial charge >= 0.3 is 0 Å². The first-order valence-corrected chi connectivity index (χ1v) is 11.0. The summed E-state index contributed by atoms with van der Waals surface area (Å²) in [7, 11) is 0. The highest BCUT2D eigenvalue weighted by molar-refractivity contribution is 14.0. The maximum atomic E-state index is 12.3. The predicted octanol–water partition coefficient (Wildman–Crippen LogP) is 3.61. The lowest BCUT2D eigenvalue weighted by Crippen LogP contribution is -2.46. The third-order valence-electron chi connectivity index (χ3n) is 5.37. The van der Waals surface area contributed by atoms with Gasteiger partial charge < -0.3 is 16.0 Å². The minimum absolute atomic E-state index is 0. The number of nitrogens with zero attached hydrogens (tertiary/aromatic N) is 3. The first kappa shape index (κ1) is 25.2. The number of carbonyl (C=O) groups is 1. The quantitative estimate of drug-likeness (QED) is 0.286. The Kier molecular flexibility index (Phi) is 10.3. The molecule has 2 aromatic rings. The Morgan fingerprint density at radius 2 is 1.90 bits per heavy atom. The molecule has 3 N–H and O–H groups in total. The van der Waals surface area contributed by atoms with Crippen LogP contribution in [-0.4, -0.2) is 40.8 Å². The van der Waals surface area contributed by atoms with E-state index in [1.165, 1.54) is 19.3 Å². The average Bonchev–Trinajstić information content (AvgIpc) is 3.09. The van der Waals surface area contributed by atoms with Crippen LogP contribution in [0.15, 0.2) is 35.3 Å². The summed E-state index contributed by atoms with van der Waals surface area (Å²) in [4.78, 5) is 17.0. The Hall–Kier alpha value is -2.10. The summed E-state index contributed by atoms with van der Waals surface area (Å²) in [6, 6.07) is 10.5. The molecule has 7 nitrogen and oxygen atoms in total. The minimum atomic E-state index is 0. The van der Waals surface area contributed by atoms with E-state index in [9.17, 15) is 4.79 Å². The van der Waals surface area contributed by atoms with Crippen LogP contribution in [0.1, 0.15) is 56.0 Å².